The van der Waals surface area contributed by atoms with Crippen molar-refractivity contribution in [2.24, 2.45) is 5.92 Å². The maximum absolute atomic E-state index is 11.1. The third-order valence-corrected chi connectivity index (χ3v) is 13.8. The first kappa shape index (κ1) is 26.6. The molecule has 24 heavy (non-hydrogen) atoms. The average Bonchev–Trinajstić information content (AvgIpc) is 2.21. The molecule has 0 aromatic heterocycles. The minimum absolute atomic E-state index is 0.293. The van der Waals surface area contributed by atoms with Gasteiger partial charge in [0.25, 0.3) is 0 Å². The lowest BCUT2D eigenvalue weighted by molar-refractivity contribution is 0.562. The molecule has 0 aliphatic carbocycles. The van der Waals surface area contributed by atoms with E-state index in [4.69, 9.17) is 0 Å². The van der Waals surface area contributed by atoms with E-state index >= 15 is 0 Å². The SMILES string of the molecule is CC(CS(C)(=O)=O)C(C)[Si](C)(C)C.CC(CS(C)(=O)=O)[Si](C)(C)C. The van der Waals surface area contributed by atoms with Gasteiger partial charge in [0.15, 0.2) is 0 Å². The summed E-state index contributed by atoms with van der Waals surface area (Å²) >= 11 is 0. The monoisotopic (exact) mass is 416 g/mol. The molecule has 3 unspecified atom stereocenters. The van der Waals surface area contributed by atoms with Crippen molar-refractivity contribution in [3.8, 4) is 0 Å². The molecule has 0 rings (SSSR count). The smallest absolute Gasteiger partial charge is 0.147 e. The zero-order valence-electron chi connectivity index (χ0n) is 17.6. The van der Waals surface area contributed by atoms with Gasteiger partial charge in [0.05, 0.1) is 11.5 Å². The van der Waals surface area contributed by atoms with E-state index in [0.29, 0.717) is 28.5 Å². The highest BCUT2D eigenvalue weighted by atomic mass is 32.2. The van der Waals surface area contributed by atoms with Crippen LogP contribution in [0.4, 0.5) is 0 Å². The Hall–Kier alpha value is 0.334. The van der Waals surface area contributed by atoms with Crippen molar-refractivity contribution in [3.63, 3.8) is 0 Å². The fourth-order valence-corrected chi connectivity index (χ4v) is 9.24. The van der Waals surface area contributed by atoms with Crippen LogP contribution in [0.15, 0.2) is 0 Å². The van der Waals surface area contributed by atoms with Gasteiger partial charge in [-0.15, -0.1) is 0 Å². The fraction of sp³-hybridized carbons (Fsp3) is 1.00. The molecule has 0 spiro atoms. The molecule has 0 aliphatic rings. The van der Waals surface area contributed by atoms with E-state index in [2.05, 4.69) is 46.2 Å². The predicted octanol–water partition coefficient (Wildman–Crippen LogP) is 4.15. The highest BCUT2D eigenvalue weighted by Gasteiger charge is 2.29. The average molecular weight is 417 g/mol. The van der Waals surface area contributed by atoms with Crippen LogP contribution >= 0.6 is 0 Å². The van der Waals surface area contributed by atoms with Crippen molar-refractivity contribution >= 4 is 35.8 Å². The maximum atomic E-state index is 11.1. The van der Waals surface area contributed by atoms with Gasteiger partial charge in [0.2, 0.25) is 0 Å². The molecule has 0 radical (unpaired) electrons. The topological polar surface area (TPSA) is 68.3 Å². The molecule has 8 heteroatoms. The molecule has 0 fully saturated rings. The summed E-state index contributed by atoms with van der Waals surface area (Å²) in [6, 6.07) is 0. The van der Waals surface area contributed by atoms with Crippen LogP contribution in [0.3, 0.4) is 0 Å². The van der Waals surface area contributed by atoms with Crippen LogP contribution in [0, 0.1) is 5.92 Å². The Kier molecular flexibility index (Phi) is 10.3. The van der Waals surface area contributed by atoms with Crippen molar-refractivity contribution in [1.82, 2.24) is 0 Å². The van der Waals surface area contributed by atoms with Crippen LogP contribution < -0.4 is 0 Å². The third-order valence-electron chi connectivity index (χ3n) is 4.82. The Bertz CT molecular complexity index is 570. The molecular formula is C16H40O4S2Si2. The molecule has 0 saturated heterocycles. The standard InChI is InChI=1S/C9H22O2SSi.C7H18O2SSi/c1-8(7-12(3,10)11)9(2)13(4,5)6;1-7(11(3,4)5)6-10(2,8)9/h8-9H,7H2,1-6H3;7H,6H2,1-5H3. The summed E-state index contributed by atoms with van der Waals surface area (Å²) in [5.41, 5.74) is 0.916. The summed E-state index contributed by atoms with van der Waals surface area (Å²) in [6.07, 6.45) is 2.63. The largest absolute Gasteiger partial charge is 0.229 e. The van der Waals surface area contributed by atoms with E-state index < -0.39 is 35.8 Å². The van der Waals surface area contributed by atoms with Crippen molar-refractivity contribution in [2.45, 2.75) is 71.1 Å². The van der Waals surface area contributed by atoms with E-state index in [9.17, 15) is 16.8 Å². The Morgan fingerprint density at radius 1 is 0.667 bits per heavy atom. The lowest BCUT2D eigenvalue weighted by Gasteiger charge is -2.30. The van der Waals surface area contributed by atoms with E-state index in [0.717, 1.165) is 0 Å². The van der Waals surface area contributed by atoms with Gasteiger partial charge < -0.3 is 0 Å². The van der Waals surface area contributed by atoms with E-state index in [1.807, 2.05) is 13.8 Å². The highest BCUT2D eigenvalue weighted by Crippen LogP contribution is 2.29. The number of hydrogen-bond donors (Lipinski definition) is 0. The second-order valence-corrected chi connectivity index (χ2v) is 25.3. The van der Waals surface area contributed by atoms with Gasteiger partial charge in [0.1, 0.15) is 19.7 Å². The van der Waals surface area contributed by atoms with Gasteiger partial charge >= 0.3 is 0 Å². The van der Waals surface area contributed by atoms with Crippen molar-refractivity contribution in [2.75, 3.05) is 24.0 Å². The lowest BCUT2D eigenvalue weighted by atomic mass is 10.1. The molecule has 148 valence electrons. The van der Waals surface area contributed by atoms with E-state index in [1.54, 1.807) is 0 Å². The number of hydrogen-bond acceptors (Lipinski definition) is 4. The first-order valence-electron chi connectivity index (χ1n) is 8.52. The number of rotatable bonds is 7. The molecule has 0 aromatic carbocycles. The summed E-state index contributed by atoms with van der Waals surface area (Å²) in [7, 11) is -8.02. The van der Waals surface area contributed by atoms with Gasteiger partial charge in [0, 0.05) is 28.7 Å². The minimum atomic E-state index is -2.81. The summed E-state index contributed by atoms with van der Waals surface area (Å²) in [6.45, 7) is 19.7. The second kappa shape index (κ2) is 9.32. The molecule has 0 amide bonds. The lowest BCUT2D eigenvalue weighted by Crippen LogP contribution is -2.33. The second-order valence-electron chi connectivity index (χ2n) is 9.58. The van der Waals surface area contributed by atoms with Crippen molar-refractivity contribution in [1.29, 1.82) is 0 Å². The molecule has 0 aromatic rings. The third kappa shape index (κ3) is 14.7. The van der Waals surface area contributed by atoms with Gasteiger partial charge in [-0.2, -0.15) is 0 Å². The molecule has 0 bridgehead atoms. The van der Waals surface area contributed by atoms with Gasteiger partial charge in [-0.1, -0.05) is 60.1 Å². The van der Waals surface area contributed by atoms with Crippen LogP contribution in [0.25, 0.3) is 0 Å². The molecule has 0 aliphatic heterocycles. The summed E-state index contributed by atoms with van der Waals surface area (Å²) < 4.78 is 44.0. The van der Waals surface area contributed by atoms with Crippen LogP contribution in [0.2, 0.25) is 50.4 Å². The van der Waals surface area contributed by atoms with E-state index in [-0.39, 0.29) is 0 Å². The number of sulfone groups is 2. The zero-order chi connectivity index (χ0) is 20.1. The minimum Gasteiger partial charge on any atom is -0.229 e. The predicted molar refractivity (Wildman–Crippen MR) is 114 cm³/mol. The van der Waals surface area contributed by atoms with Gasteiger partial charge in [-0.05, 0) is 17.0 Å². The zero-order valence-corrected chi connectivity index (χ0v) is 21.2. The van der Waals surface area contributed by atoms with Crippen LogP contribution in [-0.4, -0.2) is 57.0 Å². The molecule has 0 saturated carbocycles. The Morgan fingerprint density at radius 2 is 1.00 bits per heavy atom. The van der Waals surface area contributed by atoms with E-state index in [1.165, 1.54) is 12.5 Å². The first-order chi connectivity index (χ1) is 10.2. The Morgan fingerprint density at radius 3 is 1.17 bits per heavy atom. The van der Waals surface area contributed by atoms with Crippen molar-refractivity contribution in [3.05, 3.63) is 0 Å². The van der Waals surface area contributed by atoms with Gasteiger partial charge in [-0.3, -0.25) is 0 Å². The normalized spacial score (nSPS) is 17.5. The molecule has 3 atom stereocenters. The highest BCUT2D eigenvalue weighted by molar-refractivity contribution is 7.91. The van der Waals surface area contributed by atoms with Crippen LogP contribution in [0.1, 0.15) is 20.8 Å². The quantitative estimate of drug-likeness (QED) is 0.584. The first-order valence-corrected chi connectivity index (χ1v) is 19.8. The molecule has 0 heterocycles. The fourth-order valence-electron chi connectivity index (χ4n) is 2.18. The molecule has 0 N–H and O–H groups in total. The summed E-state index contributed by atoms with van der Waals surface area (Å²) in [5.74, 6) is 0.975. The molecular weight excluding hydrogens is 376 g/mol. The van der Waals surface area contributed by atoms with Crippen LogP contribution in [0.5, 0.6) is 0 Å². The Balaban J connectivity index is 0. The van der Waals surface area contributed by atoms with Gasteiger partial charge in [-0.25, -0.2) is 16.8 Å². The Labute approximate surface area is 153 Å². The summed E-state index contributed by atoms with van der Waals surface area (Å²) in [5, 5.41) is 0. The molecule has 4 nitrogen and oxygen atoms in total. The summed E-state index contributed by atoms with van der Waals surface area (Å²) in [4.78, 5) is 0. The van der Waals surface area contributed by atoms with Crippen molar-refractivity contribution < 1.29 is 16.8 Å². The van der Waals surface area contributed by atoms with Crippen LogP contribution in [-0.2, 0) is 19.7 Å². The maximum Gasteiger partial charge on any atom is 0.147 e.